The number of hydrogen-bond acceptors (Lipinski definition) is 1. The summed E-state index contributed by atoms with van der Waals surface area (Å²) in [5.41, 5.74) is 2.72. The van der Waals surface area contributed by atoms with E-state index in [1.807, 2.05) is 11.3 Å². The minimum absolute atomic E-state index is 0.432. The maximum atomic E-state index is 6.10. The van der Waals surface area contributed by atoms with Crippen molar-refractivity contribution in [1.29, 1.82) is 0 Å². The second-order valence-electron chi connectivity index (χ2n) is 3.99. The van der Waals surface area contributed by atoms with Crippen LogP contribution in [0, 0.1) is 6.92 Å². The van der Waals surface area contributed by atoms with E-state index in [0.29, 0.717) is 11.8 Å². The van der Waals surface area contributed by atoms with Gasteiger partial charge in [0.25, 0.3) is 0 Å². The van der Waals surface area contributed by atoms with Crippen LogP contribution in [0.25, 0.3) is 0 Å². The molecule has 0 spiro atoms. The Labute approximate surface area is 106 Å². The quantitative estimate of drug-likeness (QED) is 0.695. The van der Waals surface area contributed by atoms with Gasteiger partial charge < -0.3 is 0 Å². The van der Waals surface area contributed by atoms with Crippen LogP contribution in [-0.4, -0.2) is 5.88 Å². The molecule has 2 heteroatoms. The van der Waals surface area contributed by atoms with Crippen molar-refractivity contribution in [3.8, 4) is 0 Å². The molecular weight excluding hydrogens is 236 g/mol. The molecule has 0 nitrogen and oxygen atoms in total. The first kappa shape index (κ1) is 11.7. The second kappa shape index (κ2) is 5.51. The number of alkyl halides is 1. The van der Waals surface area contributed by atoms with Gasteiger partial charge in [-0.3, -0.25) is 0 Å². The van der Waals surface area contributed by atoms with Crippen molar-refractivity contribution >= 4 is 22.9 Å². The second-order valence-corrected chi connectivity index (χ2v) is 5.33. The van der Waals surface area contributed by atoms with Gasteiger partial charge in [0, 0.05) is 16.7 Å². The van der Waals surface area contributed by atoms with Crippen LogP contribution in [0.3, 0.4) is 0 Å². The zero-order chi connectivity index (χ0) is 11.4. The minimum Gasteiger partial charge on any atom is -0.149 e. The Morgan fingerprint density at radius 3 is 2.62 bits per heavy atom. The number of hydrogen-bond donors (Lipinski definition) is 0. The lowest BCUT2D eigenvalue weighted by Crippen LogP contribution is -2.05. The number of halogens is 1. The van der Waals surface area contributed by atoms with Crippen molar-refractivity contribution in [1.82, 2.24) is 0 Å². The van der Waals surface area contributed by atoms with E-state index >= 15 is 0 Å². The molecular formula is C14H15ClS. The van der Waals surface area contributed by atoms with Crippen LogP contribution >= 0.6 is 22.9 Å². The third-order valence-corrected chi connectivity index (χ3v) is 4.11. The maximum absolute atomic E-state index is 6.10. The summed E-state index contributed by atoms with van der Waals surface area (Å²) in [4.78, 5) is 1.41. The van der Waals surface area contributed by atoms with E-state index in [0.717, 1.165) is 6.42 Å². The van der Waals surface area contributed by atoms with E-state index in [-0.39, 0.29) is 0 Å². The van der Waals surface area contributed by atoms with Crippen LogP contribution in [0.1, 0.15) is 21.9 Å². The first-order chi connectivity index (χ1) is 7.81. The summed E-state index contributed by atoms with van der Waals surface area (Å²) in [5.74, 6) is 1.12. The van der Waals surface area contributed by atoms with E-state index < -0.39 is 0 Å². The molecule has 1 aromatic carbocycles. The summed E-state index contributed by atoms with van der Waals surface area (Å²) in [6.45, 7) is 2.16. The molecule has 2 aromatic rings. The third-order valence-electron chi connectivity index (χ3n) is 2.84. The molecule has 1 heterocycles. The fourth-order valence-electron chi connectivity index (χ4n) is 1.96. The van der Waals surface area contributed by atoms with Gasteiger partial charge in [0.15, 0.2) is 0 Å². The van der Waals surface area contributed by atoms with Crippen LogP contribution in [0.4, 0.5) is 0 Å². The fourth-order valence-corrected chi connectivity index (χ4v) is 3.03. The predicted molar refractivity (Wildman–Crippen MR) is 72.7 cm³/mol. The zero-order valence-corrected chi connectivity index (χ0v) is 10.9. The molecule has 0 bridgehead atoms. The Kier molecular flexibility index (Phi) is 4.03. The monoisotopic (exact) mass is 250 g/mol. The van der Waals surface area contributed by atoms with Crippen LogP contribution in [0.5, 0.6) is 0 Å². The SMILES string of the molecule is Cc1ccccc1C(CCl)Cc1cccs1. The summed E-state index contributed by atoms with van der Waals surface area (Å²) >= 11 is 7.90. The maximum Gasteiger partial charge on any atom is 0.0295 e. The molecule has 0 aliphatic heterocycles. The smallest absolute Gasteiger partial charge is 0.0295 e. The Morgan fingerprint density at radius 2 is 2.00 bits per heavy atom. The highest BCUT2D eigenvalue weighted by Gasteiger charge is 2.13. The Hall–Kier alpha value is -0.790. The molecule has 1 atom stereocenters. The third kappa shape index (κ3) is 2.66. The lowest BCUT2D eigenvalue weighted by molar-refractivity contribution is 0.769. The number of thiophene rings is 1. The van der Waals surface area contributed by atoms with Crippen LogP contribution < -0.4 is 0 Å². The molecule has 0 saturated heterocycles. The van der Waals surface area contributed by atoms with Gasteiger partial charge in [0.05, 0.1) is 0 Å². The summed E-state index contributed by atoms with van der Waals surface area (Å²) < 4.78 is 0. The molecule has 1 aromatic heterocycles. The summed E-state index contributed by atoms with van der Waals surface area (Å²) in [5, 5.41) is 2.12. The normalized spacial score (nSPS) is 12.6. The predicted octanol–water partition coefficient (Wildman–Crippen LogP) is 4.62. The average Bonchev–Trinajstić information content (AvgIpc) is 2.80. The highest BCUT2D eigenvalue weighted by Crippen LogP contribution is 2.26. The largest absolute Gasteiger partial charge is 0.149 e. The van der Waals surface area contributed by atoms with Crippen molar-refractivity contribution in [2.24, 2.45) is 0 Å². The van der Waals surface area contributed by atoms with Gasteiger partial charge in [-0.25, -0.2) is 0 Å². The molecule has 16 heavy (non-hydrogen) atoms. The van der Waals surface area contributed by atoms with E-state index in [4.69, 9.17) is 11.6 Å². The first-order valence-electron chi connectivity index (χ1n) is 5.45. The molecule has 0 fully saturated rings. The molecule has 0 N–H and O–H groups in total. The van der Waals surface area contributed by atoms with Gasteiger partial charge in [-0.15, -0.1) is 22.9 Å². The Bertz CT molecular complexity index is 434. The van der Waals surface area contributed by atoms with Crippen LogP contribution in [0.15, 0.2) is 41.8 Å². The molecule has 1 unspecified atom stereocenters. The highest BCUT2D eigenvalue weighted by molar-refractivity contribution is 7.09. The average molecular weight is 251 g/mol. The van der Waals surface area contributed by atoms with Gasteiger partial charge in [-0.1, -0.05) is 30.3 Å². The molecule has 0 amide bonds. The Balaban J connectivity index is 2.20. The van der Waals surface area contributed by atoms with Crippen molar-refractivity contribution in [2.75, 3.05) is 5.88 Å². The minimum atomic E-state index is 0.432. The first-order valence-corrected chi connectivity index (χ1v) is 6.86. The van der Waals surface area contributed by atoms with Gasteiger partial charge in [0.1, 0.15) is 0 Å². The van der Waals surface area contributed by atoms with Gasteiger partial charge in [-0.05, 0) is 35.9 Å². The van der Waals surface area contributed by atoms with Gasteiger partial charge in [0.2, 0.25) is 0 Å². The summed E-state index contributed by atoms with van der Waals surface area (Å²) in [6.07, 6.45) is 1.05. The van der Waals surface area contributed by atoms with Gasteiger partial charge in [-0.2, -0.15) is 0 Å². The molecule has 84 valence electrons. The van der Waals surface area contributed by atoms with Crippen molar-refractivity contribution in [2.45, 2.75) is 19.3 Å². The molecule has 0 saturated carbocycles. The van der Waals surface area contributed by atoms with E-state index in [1.165, 1.54) is 16.0 Å². The van der Waals surface area contributed by atoms with Crippen molar-refractivity contribution < 1.29 is 0 Å². The zero-order valence-electron chi connectivity index (χ0n) is 9.32. The van der Waals surface area contributed by atoms with Crippen molar-refractivity contribution in [3.63, 3.8) is 0 Å². The molecule has 2 rings (SSSR count). The summed E-state index contributed by atoms with van der Waals surface area (Å²) in [7, 11) is 0. The highest BCUT2D eigenvalue weighted by atomic mass is 35.5. The van der Waals surface area contributed by atoms with Gasteiger partial charge >= 0.3 is 0 Å². The van der Waals surface area contributed by atoms with E-state index in [2.05, 4.69) is 48.7 Å². The van der Waals surface area contributed by atoms with Crippen LogP contribution in [-0.2, 0) is 6.42 Å². The molecule has 0 aliphatic carbocycles. The van der Waals surface area contributed by atoms with Crippen molar-refractivity contribution in [3.05, 3.63) is 57.8 Å². The lowest BCUT2D eigenvalue weighted by atomic mass is 9.93. The number of rotatable bonds is 4. The lowest BCUT2D eigenvalue weighted by Gasteiger charge is -2.15. The van der Waals surface area contributed by atoms with Crippen LogP contribution in [0.2, 0.25) is 0 Å². The molecule has 0 aliphatic rings. The molecule has 0 radical (unpaired) electrons. The van der Waals surface area contributed by atoms with E-state index in [9.17, 15) is 0 Å². The standard InChI is InChI=1S/C14H15ClS/c1-11-5-2-3-7-14(11)12(10-15)9-13-6-4-8-16-13/h2-8,12H,9-10H2,1H3. The summed E-state index contributed by atoms with van der Waals surface area (Å²) in [6, 6.07) is 12.8. The Morgan fingerprint density at radius 1 is 1.19 bits per heavy atom. The topological polar surface area (TPSA) is 0 Å². The van der Waals surface area contributed by atoms with E-state index in [1.54, 1.807) is 0 Å². The number of aryl methyl sites for hydroxylation is 1. The fraction of sp³-hybridized carbons (Fsp3) is 0.286. The number of benzene rings is 1.